The molecule has 2 amide bonds. The highest BCUT2D eigenvalue weighted by atomic mass is 16.4. The van der Waals surface area contributed by atoms with E-state index in [-0.39, 0.29) is 11.3 Å². The molecule has 0 unspecified atom stereocenters. The summed E-state index contributed by atoms with van der Waals surface area (Å²) < 4.78 is 0. The molecule has 0 saturated carbocycles. The molecule has 0 aliphatic heterocycles. The van der Waals surface area contributed by atoms with Crippen LogP contribution in [0.1, 0.15) is 15.9 Å². The number of carbonyl (C=O) groups excluding carboxylic acids is 1. The lowest BCUT2D eigenvalue weighted by Crippen LogP contribution is -2.24. The van der Waals surface area contributed by atoms with Crippen LogP contribution in [0.5, 0.6) is 5.75 Å². The van der Waals surface area contributed by atoms with Crippen LogP contribution >= 0.6 is 0 Å². The molecule has 0 saturated heterocycles. The van der Waals surface area contributed by atoms with E-state index < -0.39 is 12.0 Å². The predicted octanol–water partition coefficient (Wildman–Crippen LogP) is 0.0926. The number of nitrogens with two attached hydrogens (primary N) is 1. The Morgan fingerprint density at radius 2 is 2.12 bits per heavy atom. The van der Waals surface area contributed by atoms with Crippen LogP contribution in [0.25, 0.3) is 0 Å². The van der Waals surface area contributed by atoms with E-state index in [1.165, 1.54) is 24.4 Å². The Kier molecular flexibility index (Phi) is 3.44. The van der Waals surface area contributed by atoms with E-state index in [0.717, 1.165) is 0 Å². The van der Waals surface area contributed by atoms with Crippen molar-refractivity contribution in [2.45, 2.75) is 0 Å². The van der Waals surface area contributed by atoms with Gasteiger partial charge in [0.05, 0.1) is 6.21 Å². The number of urea groups is 1. The van der Waals surface area contributed by atoms with Crippen molar-refractivity contribution in [3.05, 3.63) is 29.3 Å². The smallest absolute Gasteiger partial charge is 0.339 e. The highest BCUT2D eigenvalue weighted by molar-refractivity contribution is 5.93. The Bertz CT molecular complexity index is 456. The second-order valence-electron chi connectivity index (χ2n) is 2.82. The van der Waals surface area contributed by atoms with Gasteiger partial charge in [0.25, 0.3) is 0 Å². The number of aromatic carboxylic acids is 1. The standard InChI is InChI=1S/C9H9N3O4/c10-9(16)12-11-4-5-1-2-7(13)6(3-5)8(14)15/h1-4,13H,(H,14,15)(H3,10,12,16). The summed E-state index contributed by atoms with van der Waals surface area (Å²) >= 11 is 0. The number of nitrogens with zero attached hydrogens (tertiary/aromatic N) is 1. The van der Waals surface area contributed by atoms with Gasteiger partial charge >= 0.3 is 12.0 Å². The average Bonchev–Trinajstić information content (AvgIpc) is 2.19. The number of hydrogen-bond acceptors (Lipinski definition) is 4. The summed E-state index contributed by atoms with van der Waals surface area (Å²) in [6.07, 6.45) is 1.20. The highest BCUT2D eigenvalue weighted by Gasteiger charge is 2.09. The number of rotatable bonds is 3. The van der Waals surface area contributed by atoms with Gasteiger partial charge in [0.15, 0.2) is 0 Å². The van der Waals surface area contributed by atoms with Crippen molar-refractivity contribution >= 4 is 18.2 Å². The minimum Gasteiger partial charge on any atom is -0.507 e. The SMILES string of the molecule is NC(=O)NN=Cc1ccc(O)c(C(=O)O)c1. The Labute approximate surface area is 90.2 Å². The molecular weight excluding hydrogens is 214 g/mol. The maximum absolute atomic E-state index is 10.7. The molecular formula is C9H9N3O4. The molecule has 0 radical (unpaired) electrons. The van der Waals surface area contributed by atoms with Crippen LogP contribution in [0.3, 0.4) is 0 Å². The first-order valence-corrected chi connectivity index (χ1v) is 4.15. The summed E-state index contributed by atoms with van der Waals surface area (Å²) in [7, 11) is 0. The number of primary amides is 1. The zero-order valence-corrected chi connectivity index (χ0v) is 8.04. The number of hydrogen-bond donors (Lipinski definition) is 4. The summed E-state index contributed by atoms with van der Waals surface area (Å²) in [4.78, 5) is 20.9. The zero-order valence-electron chi connectivity index (χ0n) is 8.04. The van der Waals surface area contributed by atoms with E-state index in [4.69, 9.17) is 10.8 Å². The fourth-order valence-electron chi connectivity index (χ4n) is 0.976. The first-order chi connectivity index (χ1) is 7.50. The molecule has 0 atom stereocenters. The number of amides is 2. The molecule has 1 rings (SSSR count). The molecule has 7 nitrogen and oxygen atoms in total. The second kappa shape index (κ2) is 4.78. The number of nitrogens with one attached hydrogen (secondary N) is 1. The van der Waals surface area contributed by atoms with Gasteiger partial charge in [-0.25, -0.2) is 15.0 Å². The van der Waals surface area contributed by atoms with Gasteiger partial charge < -0.3 is 15.9 Å². The number of carboxylic acid groups (broad SMARTS) is 1. The number of aromatic hydroxyl groups is 1. The van der Waals surface area contributed by atoms with Crippen molar-refractivity contribution < 1.29 is 19.8 Å². The molecule has 5 N–H and O–H groups in total. The molecule has 1 aromatic carbocycles. The number of carbonyl (C=O) groups is 2. The van der Waals surface area contributed by atoms with Gasteiger partial charge in [-0.2, -0.15) is 5.10 Å². The quantitative estimate of drug-likeness (QED) is 0.428. The monoisotopic (exact) mass is 223 g/mol. The van der Waals surface area contributed by atoms with Crippen LogP contribution in [0.15, 0.2) is 23.3 Å². The van der Waals surface area contributed by atoms with Gasteiger partial charge in [0.2, 0.25) is 0 Å². The van der Waals surface area contributed by atoms with Crippen molar-refractivity contribution in [3.8, 4) is 5.75 Å². The lowest BCUT2D eigenvalue weighted by atomic mass is 10.1. The van der Waals surface area contributed by atoms with Crippen molar-refractivity contribution in [1.82, 2.24) is 5.43 Å². The molecule has 0 bridgehead atoms. The molecule has 1 aromatic rings. The lowest BCUT2D eigenvalue weighted by Gasteiger charge is -2.00. The molecule has 84 valence electrons. The zero-order chi connectivity index (χ0) is 12.1. The largest absolute Gasteiger partial charge is 0.507 e. The first kappa shape index (κ1) is 11.5. The van der Waals surface area contributed by atoms with E-state index in [9.17, 15) is 14.7 Å². The molecule has 16 heavy (non-hydrogen) atoms. The van der Waals surface area contributed by atoms with Crippen molar-refractivity contribution in [2.75, 3.05) is 0 Å². The molecule has 0 aliphatic rings. The maximum Gasteiger partial charge on any atom is 0.339 e. The first-order valence-electron chi connectivity index (χ1n) is 4.15. The van der Waals surface area contributed by atoms with Crippen LogP contribution in [0, 0.1) is 0 Å². The minimum atomic E-state index is -1.25. The Morgan fingerprint density at radius 1 is 1.44 bits per heavy atom. The van der Waals surface area contributed by atoms with Crippen molar-refractivity contribution in [2.24, 2.45) is 10.8 Å². The molecule has 0 fully saturated rings. The van der Waals surface area contributed by atoms with Crippen LogP contribution in [0.4, 0.5) is 4.79 Å². The van der Waals surface area contributed by atoms with Crippen molar-refractivity contribution in [3.63, 3.8) is 0 Å². The third kappa shape index (κ3) is 2.98. The van der Waals surface area contributed by atoms with E-state index in [1.807, 2.05) is 5.43 Å². The number of phenols is 1. The Balaban J connectivity index is 2.91. The summed E-state index contributed by atoms with van der Waals surface area (Å²) in [6, 6.07) is 3.04. The van der Waals surface area contributed by atoms with Gasteiger partial charge in [-0.15, -0.1) is 0 Å². The topological polar surface area (TPSA) is 125 Å². The average molecular weight is 223 g/mol. The summed E-state index contributed by atoms with van der Waals surface area (Å²) in [5, 5.41) is 21.4. The van der Waals surface area contributed by atoms with Crippen LogP contribution in [-0.2, 0) is 0 Å². The minimum absolute atomic E-state index is 0.247. The Morgan fingerprint density at radius 3 is 2.69 bits per heavy atom. The number of carboxylic acids is 1. The maximum atomic E-state index is 10.7. The molecule has 0 heterocycles. The van der Waals surface area contributed by atoms with Crippen molar-refractivity contribution in [1.29, 1.82) is 0 Å². The fourth-order valence-corrected chi connectivity index (χ4v) is 0.976. The summed E-state index contributed by atoms with van der Waals surface area (Å²) in [6.45, 7) is 0. The lowest BCUT2D eigenvalue weighted by molar-refractivity contribution is 0.0693. The molecule has 7 heteroatoms. The van der Waals surface area contributed by atoms with E-state index >= 15 is 0 Å². The van der Waals surface area contributed by atoms with Gasteiger partial charge in [0.1, 0.15) is 11.3 Å². The van der Waals surface area contributed by atoms with Gasteiger partial charge in [-0.1, -0.05) is 0 Å². The number of hydrazone groups is 1. The Hall–Kier alpha value is -2.57. The summed E-state index contributed by atoms with van der Waals surface area (Å²) in [5.74, 6) is -1.59. The molecule has 0 aromatic heterocycles. The van der Waals surface area contributed by atoms with E-state index in [0.29, 0.717) is 5.56 Å². The second-order valence-corrected chi connectivity index (χ2v) is 2.82. The van der Waals surface area contributed by atoms with Crippen LogP contribution in [-0.4, -0.2) is 28.4 Å². The highest BCUT2D eigenvalue weighted by Crippen LogP contribution is 2.17. The van der Waals surface area contributed by atoms with E-state index in [2.05, 4.69) is 5.10 Å². The van der Waals surface area contributed by atoms with Crippen LogP contribution in [0.2, 0.25) is 0 Å². The normalized spacial score (nSPS) is 10.2. The summed E-state index contributed by atoms with van der Waals surface area (Å²) in [5.41, 5.74) is 6.88. The third-order valence-electron chi connectivity index (χ3n) is 1.64. The van der Waals surface area contributed by atoms with Gasteiger partial charge in [0, 0.05) is 0 Å². The number of benzene rings is 1. The van der Waals surface area contributed by atoms with E-state index in [1.54, 1.807) is 0 Å². The predicted molar refractivity (Wildman–Crippen MR) is 55.4 cm³/mol. The molecule has 0 aliphatic carbocycles. The van der Waals surface area contributed by atoms with Crippen LogP contribution < -0.4 is 11.2 Å². The third-order valence-corrected chi connectivity index (χ3v) is 1.64. The molecule has 0 spiro atoms. The fraction of sp³-hybridized carbons (Fsp3) is 0. The van der Waals surface area contributed by atoms with Gasteiger partial charge in [-0.3, -0.25) is 0 Å². The van der Waals surface area contributed by atoms with Gasteiger partial charge in [-0.05, 0) is 23.8 Å².